The molecule has 1 aliphatic rings. The van der Waals surface area contributed by atoms with Gasteiger partial charge < -0.3 is 10.1 Å². The monoisotopic (exact) mass is 143 g/mol. The topological polar surface area (TPSA) is 21.3 Å². The number of nitrogens with one attached hydrogen (secondary N) is 1. The van der Waals surface area contributed by atoms with E-state index in [0.717, 1.165) is 18.6 Å². The Morgan fingerprint density at radius 2 is 2.40 bits per heavy atom. The summed E-state index contributed by atoms with van der Waals surface area (Å²) in [4.78, 5) is 0. The zero-order valence-electron chi connectivity index (χ0n) is 6.89. The number of ether oxygens (including phenoxy) is 1. The maximum Gasteiger partial charge on any atom is 0.0505 e. The SMILES string of the molecule is CCC(COC)C1CCN1. The van der Waals surface area contributed by atoms with E-state index in [1.165, 1.54) is 19.4 Å². The highest BCUT2D eigenvalue weighted by Gasteiger charge is 2.24. The van der Waals surface area contributed by atoms with Gasteiger partial charge in [-0.05, 0) is 25.3 Å². The van der Waals surface area contributed by atoms with E-state index in [0.29, 0.717) is 0 Å². The molecule has 0 aromatic carbocycles. The van der Waals surface area contributed by atoms with Gasteiger partial charge in [-0.3, -0.25) is 0 Å². The van der Waals surface area contributed by atoms with Crippen LogP contribution in [0, 0.1) is 5.92 Å². The lowest BCUT2D eigenvalue weighted by Gasteiger charge is -2.34. The molecule has 60 valence electrons. The lowest BCUT2D eigenvalue weighted by atomic mass is 9.90. The molecule has 2 nitrogen and oxygen atoms in total. The molecule has 2 heteroatoms. The van der Waals surface area contributed by atoms with Gasteiger partial charge in [0.05, 0.1) is 6.61 Å². The molecular weight excluding hydrogens is 126 g/mol. The molecule has 1 aliphatic heterocycles. The third-order valence-electron chi connectivity index (χ3n) is 2.34. The first-order valence-electron chi connectivity index (χ1n) is 4.10. The fraction of sp³-hybridized carbons (Fsp3) is 1.00. The van der Waals surface area contributed by atoms with Crippen LogP contribution in [-0.4, -0.2) is 26.3 Å². The second-order valence-electron chi connectivity index (χ2n) is 2.97. The minimum Gasteiger partial charge on any atom is -0.384 e. The molecule has 0 aromatic rings. The van der Waals surface area contributed by atoms with Crippen molar-refractivity contribution < 1.29 is 4.74 Å². The molecule has 0 bridgehead atoms. The van der Waals surface area contributed by atoms with E-state index in [1.807, 2.05) is 0 Å². The van der Waals surface area contributed by atoms with E-state index in [1.54, 1.807) is 7.11 Å². The predicted molar refractivity (Wildman–Crippen MR) is 42.1 cm³/mol. The maximum absolute atomic E-state index is 5.11. The Morgan fingerprint density at radius 1 is 1.70 bits per heavy atom. The van der Waals surface area contributed by atoms with E-state index in [9.17, 15) is 0 Å². The first-order valence-corrected chi connectivity index (χ1v) is 4.10. The van der Waals surface area contributed by atoms with Crippen molar-refractivity contribution in [3.05, 3.63) is 0 Å². The zero-order valence-corrected chi connectivity index (χ0v) is 6.89. The normalized spacial score (nSPS) is 27.6. The van der Waals surface area contributed by atoms with Gasteiger partial charge in [0.15, 0.2) is 0 Å². The molecule has 1 fully saturated rings. The summed E-state index contributed by atoms with van der Waals surface area (Å²) in [6.45, 7) is 4.34. The minimum atomic E-state index is 0.735. The molecule has 0 aromatic heterocycles. The number of hydrogen-bond donors (Lipinski definition) is 1. The lowest BCUT2D eigenvalue weighted by Crippen LogP contribution is -2.49. The summed E-state index contributed by atoms with van der Waals surface area (Å²) < 4.78 is 5.11. The van der Waals surface area contributed by atoms with E-state index in [-0.39, 0.29) is 0 Å². The molecule has 2 atom stereocenters. The van der Waals surface area contributed by atoms with Crippen LogP contribution in [0.2, 0.25) is 0 Å². The van der Waals surface area contributed by atoms with Crippen LogP contribution in [0.25, 0.3) is 0 Å². The third-order valence-corrected chi connectivity index (χ3v) is 2.34. The van der Waals surface area contributed by atoms with Crippen molar-refractivity contribution in [1.29, 1.82) is 0 Å². The molecular formula is C8H17NO. The molecule has 1 N–H and O–H groups in total. The van der Waals surface area contributed by atoms with Crippen LogP contribution in [0.1, 0.15) is 19.8 Å². The van der Waals surface area contributed by atoms with E-state index < -0.39 is 0 Å². The summed E-state index contributed by atoms with van der Waals surface area (Å²) >= 11 is 0. The van der Waals surface area contributed by atoms with Crippen LogP contribution < -0.4 is 5.32 Å². The zero-order chi connectivity index (χ0) is 7.40. The summed E-state index contributed by atoms with van der Waals surface area (Å²) in [5.41, 5.74) is 0. The van der Waals surface area contributed by atoms with Crippen LogP contribution in [0.3, 0.4) is 0 Å². The molecule has 1 heterocycles. The van der Waals surface area contributed by atoms with E-state index in [4.69, 9.17) is 4.74 Å². The summed E-state index contributed by atoms with van der Waals surface area (Å²) in [5.74, 6) is 0.735. The fourth-order valence-corrected chi connectivity index (χ4v) is 1.45. The van der Waals surface area contributed by atoms with Gasteiger partial charge in [-0.15, -0.1) is 0 Å². The second kappa shape index (κ2) is 3.94. The van der Waals surface area contributed by atoms with Gasteiger partial charge in [0.1, 0.15) is 0 Å². The van der Waals surface area contributed by atoms with Crippen molar-refractivity contribution >= 4 is 0 Å². The van der Waals surface area contributed by atoms with Crippen LogP contribution in [-0.2, 0) is 4.74 Å². The smallest absolute Gasteiger partial charge is 0.0505 e. The van der Waals surface area contributed by atoms with Crippen molar-refractivity contribution in [1.82, 2.24) is 5.32 Å². The number of hydrogen-bond acceptors (Lipinski definition) is 2. The fourth-order valence-electron chi connectivity index (χ4n) is 1.45. The van der Waals surface area contributed by atoms with Gasteiger partial charge in [0.2, 0.25) is 0 Å². The Labute approximate surface area is 63.0 Å². The highest BCUT2D eigenvalue weighted by molar-refractivity contribution is 4.83. The van der Waals surface area contributed by atoms with Crippen LogP contribution in [0.4, 0.5) is 0 Å². The highest BCUT2D eigenvalue weighted by atomic mass is 16.5. The average molecular weight is 143 g/mol. The van der Waals surface area contributed by atoms with Gasteiger partial charge in [0, 0.05) is 13.2 Å². The molecule has 0 aliphatic carbocycles. The lowest BCUT2D eigenvalue weighted by molar-refractivity contribution is 0.108. The molecule has 0 spiro atoms. The van der Waals surface area contributed by atoms with Gasteiger partial charge in [-0.25, -0.2) is 0 Å². The van der Waals surface area contributed by atoms with Crippen molar-refractivity contribution in [2.45, 2.75) is 25.8 Å². The highest BCUT2D eigenvalue weighted by Crippen LogP contribution is 2.17. The Kier molecular flexibility index (Phi) is 3.16. The van der Waals surface area contributed by atoms with Gasteiger partial charge in [0.25, 0.3) is 0 Å². The molecule has 10 heavy (non-hydrogen) atoms. The molecule has 0 saturated carbocycles. The number of rotatable bonds is 4. The minimum absolute atomic E-state index is 0.735. The molecule has 1 saturated heterocycles. The van der Waals surface area contributed by atoms with Crippen molar-refractivity contribution in [3.8, 4) is 0 Å². The molecule has 1 rings (SSSR count). The van der Waals surface area contributed by atoms with Crippen LogP contribution in [0.15, 0.2) is 0 Å². The number of methoxy groups -OCH3 is 1. The van der Waals surface area contributed by atoms with Crippen LogP contribution in [0.5, 0.6) is 0 Å². The van der Waals surface area contributed by atoms with Gasteiger partial charge in [-0.1, -0.05) is 6.92 Å². The quantitative estimate of drug-likeness (QED) is 0.634. The van der Waals surface area contributed by atoms with Crippen LogP contribution >= 0.6 is 0 Å². The Hall–Kier alpha value is -0.0800. The van der Waals surface area contributed by atoms with Gasteiger partial charge >= 0.3 is 0 Å². The van der Waals surface area contributed by atoms with Gasteiger partial charge in [-0.2, -0.15) is 0 Å². The summed E-state index contributed by atoms with van der Waals surface area (Å²) in [6.07, 6.45) is 2.56. The Bertz CT molecular complexity index is 91.3. The van der Waals surface area contributed by atoms with Crippen molar-refractivity contribution in [2.75, 3.05) is 20.3 Å². The van der Waals surface area contributed by atoms with Crippen molar-refractivity contribution in [3.63, 3.8) is 0 Å². The summed E-state index contributed by atoms with van der Waals surface area (Å²) in [6, 6.07) is 0.741. The predicted octanol–water partition coefficient (Wildman–Crippen LogP) is 1.02. The van der Waals surface area contributed by atoms with E-state index >= 15 is 0 Å². The first kappa shape index (κ1) is 8.02. The molecule has 0 amide bonds. The largest absolute Gasteiger partial charge is 0.384 e. The molecule has 0 radical (unpaired) electrons. The maximum atomic E-state index is 5.11. The van der Waals surface area contributed by atoms with E-state index in [2.05, 4.69) is 12.2 Å². The first-order chi connectivity index (χ1) is 4.88. The summed E-state index contributed by atoms with van der Waals surface area (Å²) in [5, 5.41) is 3.40. The average Bonchev–Trinajstić information content (AvgIpc) is 1.83. The van der Waals surface area contributed by atoms with Crippen molar-refractivity contribution in [2.24, 2.45) is 5.92 Å². The standard InChI is InChI=1S/C8H17NO/c1-3-7(6-10-2)8-4-5-9-8/h7-9H,3-6H2,1-2H3. The Morgan fingerprint density at radius 3 is 2.70 bits per heavy atom. The summed E-state index contributed by atoms with van der Waals surface area (Å²) in [7, 11) is 1.78. The third kappa shape index (κ3) is 1.70. The molecule has 2 unspecified atom stereocenters. The second-order valence-corrected chi connectivity index (χ2v) is 2.97. The Balaban J connectivity index is 2.17.